The van der Waals surface area contributed by atoms with E-state index in [-0.39, 0.29) is 23.0 Å². The van der Waals surface area contributed by atoms with E-state index in [0.29, 0.717) is 24.1 Å². The van der Waals surface area contributed by atoms with Crippen LogP contribution < -0.4 is 10.9 Å². The lowest BCUT2D eigenvalue weighted by atomic mass is 9.86. The molecule has 0 radical (unpaired) electrons. The fraction of sp³-hybridized carbons (Fsp3) is 0.235. The van der Waals surface area contributed by atoms with Gasteiger partial charge in [-0.1, -0.05) is 19.1 Å². The topological polar surface area (TPSA) is 79.0 Å². The number of amides is 1. The molecule has 1 amide bonds. The van der Waals surface area contributed by atoms with Gasteiger partial charge in [0, 0.05) is 17.7 Å². The third-order valence-corrected chi connectivity index (χ3v) is 3.88. The molecule has 0 saturated heterocycles. The number of para-hydroxylation sites is 1. The number of hydrogen-bond acceptors (Lipinski definition) is 3. The Morgan fingerprint density at radius 1 is 1.26 bits per heavy atom. The molecular weight excluding hydrogens is 299 g/mol. The molecule has 1 aliphatic carbocycles. The van der Waals surface area contributed by atoms with E-state index < -0.39 is 17.3 Å². The maximum Gasteiger partial charge on any atom is 0.261 e. The van der Waals surface area contributed by atoms with Crippen molar-refractivity contribution in [1.82, 2.24) is 4.98 Å². The van der Waals surface area contributed by atoms with Gasteiger partial charge in [-0.15, -0.1) is 0 Å². The molecule has 0 aliphatic heterocycles. The van der Waals surface area contributed by atoms with Crippen molar-refractivity contribution in [2.24, 2.45) is 5.92 Å². The van der Waals surface area contributed by atoms with Crippen LogP contribution in [0.5, 0.6) is 0 Å². The number of hydrogen-bond donors (Lipinski definition) is 2. The SMILES string of the molecule is C[C@H]1CC(=O)c2cc(C(=O)Nc3ccccc3F)c(=O)[nH]c2C1. The van der Waals surface area contributed by atoms with E-state index in [4.69, 9.17) is 0 Å². The molecule has 23 heavy (non-hydrogen) atoms. The van der Waals surface area contributed by atoms with Crippen LogP contribution in [0.25, 0.3) is 0 Å². The van der Waals surface area contributed by atoms with Crippen LogP contribution in [-0.2, 0) is 6.42 Å². The Labute approximate surface area is 131 Å². The molecule has 1 atom stereocenters. The van der Waals surface area contributed by atoms with Gasteiger partial charge >= 0.3 is 0 Å². The van der Waals surface area contributed by atoms with Gasteiger partial charge in [-0.25, -0.2) is 4.39 Å². The molecule has 0 spiro atoms. The Kier molecular flexibility index (Phi) is 3.82. The highest BCUT2D eigenvalue weighted by Crippen LogP contribution is 2.23. The summed E-state index contributed by atoms with van der Waals surface area (Å²) in [7, 11) is 0. The number of carbonyl (C=O) groups is 2. The zero-order valence-electron chi connectivity index (χ0n) is 12.5. The zero-order valence-corrected chi connectivity index (χ0v) is 12.5. The average Bonchev–Trinajstić information content (AvgIpc) is 2.48. The molecule has 1 aromatic carbocycles. The van der Waals surface area contributed by atoms with E-state index in [9.17, 15) is 18.8 Å². The Morgan fingerprint density at radius 3 is 2.74 bits per heavy atom. The summed E-state index contributed by atoms with van der Waals surface area (Å²) >= 11 is 0. The predicted molar refractivity (Wildman–Crippen MR) is 83.2 cm³/mol. The van der Waals surface area contributed by atoms with Crippen molar-refractivity contribution < 1.29 is 14.0 Å². The van der Waals surface area contributed by atoms with Gasteiger partial charge < -0.3 is 10.3 Å². The van der Waals surface area contributed by atoms with Crippen LogP contribution in [0.1, 0.15) is 39.8 Å². The first-order valence-corrected chi connectivity index (χ1v) is 7.31. The molecular formula is C17H15FN2O3. The van der Waals surface area contributed by atoms with E-state index in [1.54, 1.807) is 6.07 Å². The molecule has 6 heteroatoms. The van der Waals surface area contributed by atoms with E-state index in [0.717, 1.165) is 0 Å². The number of carbonyl (C=O) groups excluding carboxylic acids is 2. The summed E-state index contributed by atoms with van der Waals surface area (Å²) in [6, 6.07) is 6.97. The predicted octanol–water partition coefficient (Wildman–Crippen LogP) is 2.53. The number of Topliss-reactive ketones (excluding diaryl/α,β-unsaturated/α-hetero) is 1. The Hall–Kier alpha value is -2.76. The molecule has 1 aromatic heterocycles. The van der Waals surface area contributed by atoms with Crippen molar-refractivity contribution in [3.63, 3.8) is 0 Å². The van der Waals surface area contributed by atoms with Gasteiger partial charge in [0.05, 0.1) is 5.69 Å². The van der Waals surface area contributed by atoms with E-state index in [2.05, 4.69) is 10.3 Å². The van der Waals surface area contributed by atoms with Crippen LogP contribution in [0.2, 0.25) is 0 Å². The third-order valence-electron chi connectivity index (χ3n) is 3.88. The second-order valence-electron chi connectivity index (χ2n) is 5.77. The second kappa shape index (κ2) is 5.79. The van der Waals surface area contributed by atoms with Crippen molar-refractivity contribution in [1.29, 1.82) is 0 Å². The van der Waals surface area contributed by atoms with Gasteiger partial charge in [-0.2, -0.15) is 0 Å². The van der Waals surface area contributed by atoms with E-state index in [1.165, 1.54) is 24.3 Å². The van der Waals surface area contributed by atoms with Crippen LogP contribution in [0.4, 0.5) is 10.1 Å². The normalized spacial score (nSPS) is 16.8. The summed E-state index contributed by atoms with van der Waals surface area (Å²) in [4.78, 5) is 39.0. The van der Waals surface area contributed by atoms with E-state index >= 15 is 0 Å². The molecule has 2 aromatic rings. The molecule has 0 saturated carbocycles. The summed E-state index contributed by atoms with van der Waals surface area (Å²) in [5.41, 5.74) is 0.117. The molecule has 3 rings (SSSR count). The van der Waals surface area contributed by atoms with Crippen molar-refractivity contribution >= 4 is 17.4 Å². The van der Waals surface area contributed by atoms with Gasteiger partial charge in [0.1, 0.15) is 11.4 Å². The highest BCUT2D eigenvalue weighted by molar-refractivity contribution is 6.06. The number of aromatic amines is 1. The minimum Gasteiger partial charge on any atom is -0.325 e. The Bertz CT molecular complexity index is 857. The monoisotopic (exact) mass is 314 g/mol. The summed E-state index contributed by atoms with van der Waals surface area (Å²) in [5, 5.41) is 2.35. The van der Waals surface area contributed by atoms with Crippen LogP contribution in [0.15, 0.2) is 35.1 Å². The average molecular weight is 314 g/mol. The highest BCUT2D eigenvalue weighted by Gasteiger charge is 2.25. The fourth-order valence-electron chi connectivity index (χ4n) is 2.75. The molecule has 2 N–H and O–H groups in total. The first kappa shape index (κ1) is 15.1. The van der Waals surface area contributed by atoms with Crippen LogP contribution in [0.3, 0.4) is 0 Å². The summed E-state index contributed by atoms with van der Waals surface area (Å²) in [5.74, 6) is -1.29. The molecule has 0 bridgehead atoms. The van der Waals surface area contributed by atoms with E-state index in [1.807, 2.05) is 6.92 Å². The molecule has 0 unspecified atom stereocenters. The number of H-pyrrole nitrogens is 1. The quantitative estimate of drug-likeness (QED) is 0.894. The number of fused-ring (bicyclic) bond motifs is 1. The maximum atomic E-state index is 13.6. The number of rotatable bonds is 2. The number of pyridine rings is 1. The highest BCUT2D eigenvalue weighted by atomic mass is 19.1. The summed E-state index contributed by atoms with van der Waals surface area (Å²) in [6.45, 7) is 1.93. The third kappa shape index (κ3) is 2.92. The Balaban J connectivity index is 1.96. The smallest absolute Gasteiger partial charge is 0.261 e. The molecule has 5 nitrogen and oxygen atoms in total. The Morgan fingerprint density at radius 2 is 2.00 bits per heavy atom. The molecule has 1 aliphatic rings. The summed E-state index contributed by atoms with van der Waals surface area (Å²) < 4.78 is 13.6. The zero-order chi connectivity index (χ0) is 16.6. The van der Waals surface area contributed by atoms with Crippen LogP contribution in [0, 0.1) is 11.7 Å². The van der Waals surface area contributed by atoms with Gasteiger partial charge in [0.2, 0.25) is 0 Å². The first-order valence-electron chi connectivity index (χ1n) is 7.31. The lowest BCUT2D eigenvalue weighted by Gasteiger charge is -2.20. The minimum atomic E-state index is -0.745. The number of nitrogens with one attached hydrogen (secondary N) is 2. The van der Waals surface area contributed by atoms with Crippen LogP contribution >= 0.6 is 0 Å². The minimum absolute atomic E-state index is 0.0189. The largest absolute Gasteiger partial charge is 0.325 e. The molecule has 118 valence electrons. The molecule has 1 heterocycles. The lowest BCUT2D eigenvalue weighted by molar-refractivity contribution is 0.0952. The standard InChI is InChI=1S/C17H15FN2O3/c1-9-6-14-10(15(21)7-9)8-11(17(23)20-14)16(22)19-13-5-3-2-4-12(13)18/h2-5,8-9H,6-7H2,1H3,(H,19,22)(H,20,23)/t9-/m1/s1. The van der Waals surface area contributed by atoms with Crippen molar-refractivity contribution in [3.05, 3.63) is 63.3 Å². The van der Waals surface area contributed by atoms with Crippen molar-refractivity contribution in [3.8, 4) is 0 Å². The van der Waals surface area contributed by atoms with Gasteiger partial charge in [0.15, 0.2) is 5.78 Å². The number of aromatic nitrogens is 1. The number of benzene rings is 1. The number of anilines is 1. The summed E-state index contributed by atoms with van der Waals surface area (Å²) in [6.07, 6.45) is 0.971. The lowest BCUT2D eigenvalue weighted by Crippen LogP contribution is -2.29. The van der Waals surface area contributed by atoms with Gasteiger partial charge in [0.25, 0.3) is 11.5 Å². The second-order valence-corrected chi connectivity index (χ2v) is 5.77. The van der Waals surface area contributed by atoms with Crippen molar-refractivity contribution in [2.45, 2.75) is 19.8 Å². The maximum absolute atomic E-state index is 13.6. The van der Waals surface area contributed by atoms with Crippen LogP contribution in [-0.4, -0.2) is 16.7 Å². The fourth-order valence-corrected chi connectivity index (χ4v) is 2.75. The number of halogens is 1. The number of ketones is 1. The molecule has 0 fully saturated rings. The van der Waals surface area contributed by atoms with Gasteiger partial charge in [-0.05, 0) is 30.5 Å². The van der Waals surface area contributed by atoms with Gasteiger partial charge in [-0.3, -0.25) is 14.4 Å². The van der Waals surface area contributed by atoms with Crippen molar-refractivity contribution in [2.75, 3.05) is 5.32 Å². The first-order chi connectivity index (χ1) is 11.0.